The van der Waals surface area contributed by atoms with E-state index in [9.17, 15) is 16.8 Å². The molecule has 96 valence electrons. The van der Waals surface area contributed by atoms with E-state index in [1.54, 1.807) is 0 Å². The maximum atomic E-state index is 11.5. The van der Waals surface area contributed by atoms with Crippen LogP contribution >= 0.6 is 0 Å². The number of hydrogen-bond acceptors (Lipinski definition) is 5. The Morgan fingerprint density at radius 3 is 2.12 bits per heavy atom. The fourth-order valence-electron chi connectivity index (χ4n) is 1.23. The van der Waals surface area contributed by atoms with Crippen molar-refractivity contribution >= 4 is 19.9 Å². The Labute approximate surface area is 96.6 Å². The van der Waals surface area contributed by atoms with Crippen LogP contribution < -0.4 is 10.5 Å². The Kier molecular flexibility index (Phi) is 3.99. The molecule has 0 heterocycles. The molecule has 0 aromatic heterocycles. The van der Waals surface area contributed by atoms with Gasteiger partial charge in [-0.25, -0.2) is 21.6 Å². The van der Waals surface area contributed by atoms with Gasteiger partial charge in [-0.2, -0.15) is 0 Å². The molecular formula is C8H18N2O4S2. The topological polar surface area (TPSA) is 106 Å². The Morgan fingerprint density at radius 2 is 1.75 bits per heavy atom. The van der Waals surface area contributed by atoms with Gasteiger partial charge in [-0.3, -0.25) is 0 Å². The minimum absolute atomic E-state index is 0.0852. The van der Waals surface area contributed by atoms with Crippen molar-refractivity contribution in [2.45, 2.75) is 12.8 Å². The molecule has 0 amide bonds. The predicted octanol–water partition coefficient (Wildman–Crippen LogP) is -1.31. The second-order valence-electron chi connectivity index (χ2n) is 4.47. The number of hydrogen-bond donors (Lipinski definition) is 2. The molecule has 1 saturated carbocycles. The SMILES string of the molecule is CS(=O)(=O)CCS(=O)(=O)NCC1(CN)CC1. The summed E-state index contributed by atoms with van der Waals surface area (Å²) < 4.78 is 47.0. The van der Waals surface area contributed by atoms with Crippen LogP contribution in [0.3, 0.4) is 0 Å². The molecule has 0 unspecified atom stereocenters. The Morgan fingerprint density at radius 1 is 1.19 bits per heavy atom. The molecule has 1 aliphatic carbocycles. The molecule has 1 fully saturated rings. The zero-order chi connectivity index (χ0) is 12.4. The van der Waals surface area contributed by atoms with Crippen molar-refractivity contribution in [2.75, 3.05) is 30.9 Å². The lowest BCUT2D eigenvalue weighted by molar-refractivity contribution is 0.501. The lowest BCUT2D eigenvalue weighted by atomic mass is 10.1. The second kappa shape index (κ2) is 4.59. The van der Waals surface area contributed by atoms with E-state index in [1.807, 2.05) is 0 Å². The van der Waals surface area contributed by atoms with Crippen molar-refractivity contribution in [1.29, 1.82) is 0 Å². The average molecular weight is 270 g/mol. The van der Waals surface area contributed by atoms with Crippen molar-refractivity contribution < 1.29 is 16.8 Å². The summed E-state index contributed by atoms with van der Waals surface area (Å²) in [5, 5.41) is 0. The van der Waals surface area contributed by atoms with Gasteiger partial charge >= 0.3 is 0 Å². The van der Waals surface area contributed by atoms with E-state index in [1.165, 1.54) is 0 Å². The van der Waals surface area contributed by atoms with Crippen LogP contribution in [0.15, 0.2) is 0 Å². The smallest absolute Gasteiger partial charge is 0.212 e. The van der Waals surface area contributed by atoms with E-state index in [2.05, 4.69) is 4.72 Å². The molecule has 0 saturated heterocycles. The molecule has 8 heteroatoms. The van der Waals surface area contributed by atoms with Crippen LogP contribution in [0.4, 0.5) is 0 Å². The van der Waals surface area contributed by atoms with Gasteiger partial charge < -0.3 is 5.73 Å². The molecular weight excluding hydrogens is 252 g/mol. The molecule has 0 aromatic rings. The number of nitrogens with one attached hydrogen (secondary N) is 1. The van der Waals surface area contributed by atoms with Crippen molar-refractivity contribution in [3.63, 3.8) is 0 Å². The highest BCUT2D eigenvalue weighted by molar-refractivity contribution is 7.93. The lowest BCUT2D eigenvalue weighted by Crippen LogP contribution is -2.36. The number of nitrogens with two attached hydrogens (primary N) is 1. The van der Waals surface area contributed by atoms with E-state index in [0.29, 0.717) is 13.1 Å². The van der Waals surface area contributed by atoms with Crippen molar-refractivity contribution in [1.82, 2.24) is 4.72 Å². The number of sulfone groups is 1. The van der Waals surface area contributed by atoms with E-state index in [-0.39, 0.29) is 16.9 Å². The predicted molar refractivity (Wildman–Crippen MR) is 62.2 cm³/mol. The fourth-order valence-corrected chi connectivity index (χ4v) is 3.99. The molecule has 3 N–H and O–H groups in total. The first-order chi connectivity index (χ1) is 7.18. The average Bonchev–Trinajstić information content (AvgIpc) is 2.92. The van der Waals surface area contributed by atoms with Gasteiger partial charge in [0.2, 0.25) is 10.0 Å². The summed E-state index contributed by atoms with van der Waals surface area (Å²) in [6.07, 6.45) is 2.88. The van der Waals surface area contributed by atoms with Crippen LogP contribution in [0.5, 0.6) is 0 Å². The third-order valence-corrected chi connectivity index (χ3v) is 5.31. The third-order valence-electron chi connectivity index (χ3n) is 2.78. The minimum atomic E-state index is -3.50. The largest absolute Gasteiger partial charge is 0.330 e. The van der Waals surface area contributed by atoms with E-state index >= 15 is 0 Å². The van der Waals surface area contributed by atoms with Crippen LogP contribution in [0, 0.1) is 5.41 Å². The molecule has 0 aromatic carbocycles. The Balaban J connectivity index is 2.41. The lowest BCUT2D eigenvalue weighted by Gasteiger charge is -2.13. The van der Waals surface area contributed by atoms with Gasteiger partial charge in [-0.05, 0) is 24.8 Å². The second-order valence-corrected chi connectivity index (χ2v) is 8.66. The minimum Gasteiger partial charge on any atom is -0.330 e. The van der Waals surface area contributed by atoms with E-state index < -0.39 is 19.9 Å². The summed E-state index contributed by atoms with van der Waals surface area (Å²) in [6, 6.07) is 0. The fraction of sp³-hybridized carbons (Fsp3) is 1.00. The zero-order valence-electron chi connectivity index (χ0n) is 9.27. The normalized spacial score (nSPS) is 19.6. The first-order valence-electron chi connectivity index (χ1n) is 5.03. The van der Waals surface area contributed by atoms with Crippen molar-refractivity contribution in [3.8, 4) is 0 Å². The third kappa shape index (κ3) is 4.77. The van der Waals surface area contributed by atoms with Crippen LogP contribution in [0.25, 0.3) is 0 Å². The maximum absolute atomic E-state index is 11.5. The summed E-state index contributed by atoms with van der Waals surface area (Å²) in [4.78, 5) is 0. The maximum Gasteiger partial charge on any atom is 0.212 e. The van der Waals surface area contributed by atoms with Gasteiger partial charge in [0.05, 0.1) is 11.5 Å². The highest BCUT2D eigenvalue weighted by atomic mass is 32.2. The molecule has 1 rings (SSSR count). The first-order valence-corrected chi connectivity index (χ1v) is 8.75. The summed E-state index contributed by atoms with van der Waals surface area (Å²) in [5.41, 5.74) is 5.43. The molecule has 0 radical (unpaired) electrons. The van der Waals surface area contributed by atoms with Crippen molar-refractivity contribution in [3.05, 3.63) is 0 Å². The van der Waals surface area contributed by atoms with E-state index in [4.69, 9.17) is 5.73 Å². The summed E-state index contributed by atoms with van der Waals surface area (Å²) in [6.45, 7) is 0.775. The summed E-state index contributed by atoms with van der Waals surface area (Å²) in [5.74, 6) is -0.732. The van der Waals surface area contributed by atoms with Gasteiger partial charge in [0.1, 0.15) is 9.84 Å². The van der Waals surface area contributed by atoms with Crippen LogP contribution in [-0.2, 0) is 19.9 Å². The molecule has 0 aliphatic heterocycles. The van der Waals surface area contributed by atoms with Gasteiger partial charge in [-0.15, -0.1) is 0 Å². The summed E-state index contributed by atoms with van der Waals surface area (Å²) >= 11 is 0. The Hall–Kier alpha value is -0.180. The standard InChI is InChI=1S/C8H18N2O4S2/c1-15(11,12)4-5-16(13,14)10-7-8(6-9)2-3-8/h10H,2-7,9H2,1H3. The van der Waals surface area contributed by atoms with Gasteiger partial charge in [0.25, 0.3) is 0 Å². The zero-order valence-corrected chi connectivity index (χ0v) is 10.9. The number of rotatable bonds is 7. The van der Waals surface area contributed by atoms with Gasteiger partial charge in [0, 0.05) is 12.8 Å². The van der Waals surface area contributed by atoms with Crippen LogP contribution in [0.1, 0.15) is 12.8 Å². The quantitative estimate of drug-likeness (QED) is 0.597. The molecule has 0 spiro atoms. The molecule has 0 bridgehead atoms. The highest BCUT2D eigenvalue weighted by Gasteiger charge is 2.41. The first kappa shape index (κ1) is 13.9. The Bertz CT molecular complexity index is 437. The highest BCUT2D eigenvalue weighted by Crippen LogP contribution is 2.43. The monoisotopic (exact) mass is 270 g/mol. The van der Waals surface area contributed by atoms with Crippen LogP contribution in [-0.4, -0.2) is 47.7 Å². The summed E-state index contributed by atoms with van der Waals surface area (Å²) in [7, 11) is -6.75. The van der Waals surface area contributed by atoms with Gasteiger partial charge in [0.15, 0.2) is 0 Å². The molecule has 1 aliphatic rings. The molecule has 0 atom stereocenters. The van der Waals surface area contributed by atoms with Crippen molar-refractivity contribution in [2.24, 2.45) is 11.1 Å². The number of sulfonamides is 1. The van der Waals surface area contributed by atoms with Gasteiger partial charge in [-0.1, -0.05) is 0 Å². The molecule has 6 nitrogen and oxygen atoms in total. The van der Waals surface area contributed by atoms with E-state index in [0.717, 1.165) is 19.1 Å². The molecule has 16 heavy (non-hydrogen) atoms. The van der Waals surface area contributed by atoms with Crippen LogP contribution in [0.2, 0.25) is 0 Å².